The molecule has 24 heavy (non-hydrogen) atoms. The highest BCUT2D eigenvalue weighted by atomic mass is 16.5. The average Bonchev–Trinajstić information content (AvgIpc) is 2.61. The van der Waals surface area contributed by atoms with E-state index in [0.717, 1.165) is 37.2 Å². The quantitative estimate of drug-likeness (QED) is 0.914. The fourth-order valence-electron chi connectivity index (χ4n) is 3.27. The van der Waals surface area contributed by atoms with Gasteiger partial charge in [-0.05, 0) is 41.3 Å². The molecule has 0 saturated carbocycles. The Hall–Kier alpha value is -2.40. The van der Waals surface area contributed by atoms with E-state index < -0.39 is 0 Å². The van der Waals surface area contributed by atoms with E-state index in [1.807, 2.05) is 18.2 Å². The van der Waals surface area contributed by atoms with Crippen LogP contribution in [-0.2, 0) is 19.5 Å². The molecule has 0 atom stereocenters. The van der Waals surface area contributed by atoms with Gasteiger partial charge in [0.1, 0.15) is 5.75 Å². The van der Waals surface area contributed by atoms with E-state index in [2.05, 4.69) is 11.0 Å². The van der Waals surface area contributed by atoms with Crippen LogP contribution in [-0.4, -0.2) is 37.9 Å². The van der Waals surface area contributed by atoms with Crippen molar-refractivity contribution in [1.29, 1.82) is 0 Å². The molecule has 128 valence electrons. The van der Waals surface area contributed by atoms with Crippen molar-refractivity contribution >= 4 is 0 Å². The van der Waals surface area contributed by atoms with E-state index in [1.54, 1.807) is 27.4 Å². The molecule has 2 aromatic rings. The lowest BCUT2D eigenvalue weighted by Crippen LogP contribution is -2.30. The first-order chi connectivity index (χ1) is 11.7. The summed E-state index contributed by atoms with van der Waals surface area (Å²) in [7, 11) is 4.86. The topological polar surface area (TPSA) is 51.2 Å². The number of hydrogen-bond donors (Lipinski definition) is 1. The molecule has 0 unspecified atom stereocenters. The Balaban J connectivity index is 1.82. The van der Waals surface area contributed by atoms with Gasteiger partial charge in [0.25, 0.3) is 0 Å². The van der Waals surface area contributed by atoms with Crippen LogP contribution >= 0.6 is 0 Å². The summed E-state index contributed by atoms with van der Waals surface area (Å²) in [5.74, 6) is 2.35. The third-order valence-corrected chi connectivity index (χ3v) is 4.45. The van der Waals surface area contributed by atoms with Crippen molar-refractivity contribution in [3.05, 3.63) is 47.0 Å². The van der Waals surface area contributed by atoms with Crippen LogP contribution in [0.25, 0.3) is 0 Å². The second-order valence-electron chi connectivity index (χ2n) is 5.91. The van der Waals surface area contributed by atoms with E-state index in [-0.39, 0.29) is 0 Å². The number of rotatable bonds is 5. The molecule has 0 saturated heterocycles. The molecule has 1 N–H and O–H groups in total. The first-order valence-corrected chi connectivity index (χ1v) is 7.97. The van der Waals surface area contributed by atoms with Crippen molar-refractivity contribution in [2.45, 2.75) is 19.5 Å². The summed E-state index contributed by atoms with van der Waals surface area (Å²) < 4.78 is 16.2. The molecule has 5 heteroatoms. The summed E-state index contributed by atoms with van der Waals surface area (Å²) in [5, 5.41) is 9.96. The molecule has 1 aliphatic rings. The van der Waals surface area contributed by atoms with Crippen LogP contribution in [0.3, 0.4) is 0 Å². The monoisotopic (exact) mass is 329 g/mol. The molecule has 1 aliphatic heterocycles. The number of methoxy groups -OCH3 is 3. The largest absolute Gasteiger partial charge is 0.508 e. The van der Waals surface area contributed by atoms with Gasteiger partial charge in [-0.15, -0.1) is 0 Å². The van der Waals surface area contributed by atoms with Gasteiger partial charge in [0, 0.05) is 19.6 Å². The van der Waals surface area contributed by atoms with Crippen molar-refractivity contribution in [2.24, 2.45) is 0 Å². The van der Waals surface area contributed by atoms with Gasteiger partial charge in [0.2, 0.25) is 5.75 Å². The average molecular weight is 329 g/mol. The fourth-order valence-corrected chi connectivity index (χ4v) is 3.27. The SMILES string of the molecule is COc1cc(CN2CCc3c(O)cccc3C2)cc(OC)c1OC. The van der Waals surface area contributed by atoms with Gasteiger partial charge in [-0.1, -0.05) is 12.1 Å². The second kappa shape index (κ2) is 7.01. The maximum absolute atomic E-state index is 9.96. The van der Waals surface area contributed by atoms with Crippen LogP contribution in [0.4, 0.5) is 0 Å². The Morgan fingerprint density at radius 2 is 1.75 bits per heavy atom. The molecule has 0 fully saturated rings. The van der Waals surface area contributed by atoms with E-state index >= 15 is 0 Å². The maximum atomic E-state index is 9.96. The summed E-state index contributed by atoms with van der Waals surface area (Å²) in [6.07, 6.45) is 0.854. The van der Waals surface area contributed by atoms with Gasteiger partial charge in [0.05, 0.1) is 21.3 Å². The minimum absolute atomic E-state index is 0.403. The summed E-state index contributed by atoms with van der Waals surface area (Å²) >= 11 is 0. The van der Waals surface area contributed by atoms with Gasteiger partial charge in [-0.2, -0.15) is 0 Å². The minimum Gasteiger partial charge on any atom is -0.508 e. The van der Waals surface area contributed by atoms with E-state index in [1.165, 1.54) is 5.56 Å². The van der Waals surface area contributed by atoms with Gasteiger partial charge >= 0.3 is 0 Å². The second-order valence-corrected chi connectivity index (χ2v) is 5.91. The van der Waals surface area contributed by atoms with Crippen LogP contribution in [0.5, 0.6) is 23.0 Å². The zero-order valence-corrected chi connectivity index (χ0v) is 14.3. The highest BCUT2D eigenvalue weighted by molar-refractivity contribution is 5.53. The van der Waals surface area contributed by atoms with Gasteiger partial charge < -0.3 is 19.3 Å². The smallest absolute Gasteiger partial charge is 0.203 e. The lowest BCUT2D eigenvalue weighted by molar-refractivity contribution is 0.242. The molecule has 2 aromatic carbocycles. The number of phenols is 1. The molecule has 3 rings (SSSR count). The molecule has 5 nitrogen and oxygen atoms in total. The van der Waals surface area contributed by atoms with Gasteiger partial charge in [-0.3, -0.25) is 4.90 Å². The lowest BCUT2D eigenvalue weighted by atomic mass is 9.98. The minimum atomic E-state index is 0.403. The Morgan fingerprint density at radius 1 is 1.04 bits per heavy atom. The summed E-state index contributed by atoms with van der Waals surface area (Å²) in [6, 6.07) is 9.71. The van der Waals surface area contributed by atoms with Crippen LogP contribution in [0.2, 0.25) is 0 Å². The third kappa shape index (κ3) is 3.12. The molecule has 0 bridgehead atoms. The van der Waals surface area contributed by atoms with E-state index in [0.29, 0.717) is 23.0 Å². The lowest BCUT2D eigenvalue weighted by Gasteiger charge is -2.29. The summed E-state index contributed by atoms with van der Waals surface area (Å²) in [4.78, 5) is 2.35. The Kier molecular flexibility index (Phi) is 4.81. The Labute approximate surface area is 142 Å². The van der Waals surface area contributed by atoms with Crippen molar-refractivity contribution in [2.75, 3.05) is 27.9 Å². The first kappa shape index (κ1) is 16.5. The third-order valence-electron chi connectivity index (χ3n) is 4.45. The van der Waals surface area contributed by atoms with E-state index in [9.17, 15) is 5.11 Å². The Morgan fingerprint density at radius 3 is 2.38 bits per heavy atom. The van der Waals surface area contributed by atoms with Crippen LogP contribution in [0.1, 0.15) is 16.7 Å². The van der Waals surface area contributed by atoms with Crippen LogP contribution < -0.4 is 14.2 Å². The molecule has 0 radical (unpaired) electrons. The highest BCUT2D eigenvalue weighted by Crippen LogP contribution is 2.38. The predicted octanol–water partition coefficient (Wildman–Crippen LogP) is 2.98. The number of phenolic OH excluding ortho intramolecular Hbond substituents is 1. The molecule has 0 amide bonds. The molecular formula is C19H23NO4. The highest BCUT2D eigenvalue weighted by Gasteiger charge is 2.20. The standard InChI is InChI=1S/C19H23NO4/c1-22-17-9-13(10-18(23-2)19(17)24-3)11-20-8-7-15-14(12-20)5-4-6-16(15)21/h4-6,9-10,21H,7-8,11-12H2,1-3H3. The first-order valence-electron chi connectivity index (χ1n) is 7.97. The maximum Gasteiger partial charge on any atom is 0.203 e. The zero-order chi connectivity index (χ0) is 17.1. The molecular weight excluding hydrogens is 306 g/mol. The number of fused-ring (bicyclic) bond motifs is 1. The number of ether oxygens (including phenoxy) is 3. The Bertz CT molecular complexity index is 704. The molecule has 0 aromatic heterocycles. The number of benzene rings is 2. The van der Waals surface area contributed by atoms with Crippen molar-refractivity contribution < 1.29 is 19.3 Å². The van der Waals surface area contributed by atoms with Crippen LogP contribution in [0.15, 0.2) is 30.3 Å². The summed E-state index contributed by atoms with van der Waals surface area (Å²) in [5.41, 5.74) is 3.36. The van der Waals surface area contributed by atoms with Crippen molar-refractivity contribution in [3.8, 4) is 23.0 Å². The predicted molar refractivity (Wildman–Crippen MR) is 92.0 cm³/mol. The van der Waals surface area contributed by atoms with Crippen molar-refractivity contribution in [1.82, 2.24) is 4.90 Å². The number of hydrogen-bond acceptors (Lipinski definition) is 5. The fraction of sp³-hybridized carbons (Fsp3) is 0.368. The molecule has 1 heterocycles. The molecule has 0 spiro atoms. The number of aromatic hydroxyl groups is 1. The number of nitrogens with zero attached hydrogens (tertiary/aromatic N) is 1. The normalized spacial score (nSPS) is 14.1. The summed E-state index contributed by atoms with van der Waals surface area (Å²) in [6.45, 7) is 2.51. The van der Waals surface area contributed by atoms with Gasteiger partial charge in [0.15, 0.2) is 11.5 Å². The van der Waals surface area contributed by atoms with Crippen molar-refractivity contribution in [3.63, 3.8) is 0 Å². The van der Waals surface area contributed by atoms with Crippen LogP contribution in [0, 0.1) is 0 Å². The van der Waals surface area contributed by atoms with Gasteiger partial charge in [-0.25, -0.2) is 0 Å². The van der Waals surface area contributed by atoms with E-state index in [4.69, 9.17) is 14.2 Å². The molecule has 0 aliphatic carbocycles. The zero-order valence-electron chi connectivity index (χ0n) is 14.3.